The summed E-state index contributed by atoms with van der Waals surface area (Å²) in [4.78, 5) is 12.1. The molecule has 1 heterocycles. The Kier molecular flexibility index (Phi) is 6.47. The molecule has 0 saturated carbocycles. The van der Waals surface area contributed by atoms with Gasteiger partial charge in [0.1, 0.15) is 17.6 Å². The van der Waals surface area contributed by atoms with Gasteiger partial charge < -0.3 is 24.9 Å². The molecule has 3 N–H and O–H groups in total. The van der Waals surface area contributed by atoms with Crippen LogP contribution in [-0.2, 0) is 0 Å². The second-order valence-corrected chi connectivity index (χ2v) is 6.41. The predicted molar refractivity (Wildman–Crippen MR) is 96.8 cm³/mol. The molecule has 25 heavy (non-hydrogen) atoms. The normalized spacial score (nSPS) is 13.4. The predicted octanol–water partition coefficient (Wildman–Crippen LogP) is 4.01. The minimum atomic E-state index is -0.750. The summed E-state index contributed by atoms with van der Waals surface area (Å²) in [5, 5.41) is 15.7. The Morgan fingerprint density at radius 3 is 2.64 bits per heavy atom. The molecule has 0 unspecified atom stereocenters. The van der Waals surface area contributed by atoms with E-state index >= 15 is 0 Å². The number of ether oxygens (including phenoxy) is 1. The van der Waals surface area contributed by atoms with Gasteiger partial charge in [0.15, 0.2) is 0 Å². The summed E-state index contributed by atoms with van der Waals surface area (Å²) in [6.07, 6.45) is 1.22. The summed E-state index contributed by atoms with van der Waals surface area (Å²) in [5.41, 5.74) is 1.63. The topological polar surface area (TPSA) is 83.7 Å². The largest absolute Gasteiger partial charge is 0.491 e. The van der Waals surface area contributed by atoms with Gasteiger partial charge in [-0.3, -0.25) is 0 Å². The fraction of sp³-hybridized carbons (Fsp3) is 0.421. The summed E-state index contributed by atoms with van der Waals surface area (Å²) < 4.78 is 10.8. The van der Waals surface area contributed by atoms with Crippen molar-refractivity contribution in [1.29, 1.82) is 0 Å². The van der Waals surface area contributed by atoms with Gasteiger partial charge in [-0.25, -0.2) is 4.79 Å². The average molecular weight is 346 g/mol. The minimum Gasteiger partial charge on any atom is -0.491 e. The number of carbonyl (C=O) groups is 1. The average Bonchev–Trinajstić information content (AvgIpc) is 3.03. The van der Waals surface area contributed by atoms with Crippen molar-refractivity contribution < 1.29 is 19.1 Å². The van der Waals surface area contributed by atoms with Crippen molar-refractivity contribution in [3.05, 3.63) is 47.9 Å². The Balaban J connectivity index is 1.87. The molecular weight excluding hydrogens is 320 g/mol. The number of rotatable bonds is 7. The lowest BCUT2D eigenvalue weighted by Gasteiger charge is -2.18. The van der Waals surface area contributed by atoms with E-state index in [0.717, 1.165) is 11.3 Å². The van der Waals surface area contributed by atoms with Gasteiger partial charge in [0.25, 0.3) is 0 Å². The molecule has 0 aliphatic carbocycles. The maximum atomic E-state index is 12.1. The van der Waals surface area contributed by atoms with Crippen LogP contribution in [0, 0.1) is 6.92 Å². The number of aliphatic hydroxyl groups excluding tert-OH is 1. The molecule has 0 radical (unpaired) electrons. The van der Waals surface area contributed by atoms with E-state index in [-0.39, 0.29) is 18.2 Å². The van der Waals surface area contributed by atoms with Gasteiger partial charge in [0.05, 0.1) is 12.4 Å². The molecule has 2 rings (SSSR count). The van der Waals surface area contributed by atoms with Gasteiger partial charge in [-0.05, 0) is 63.6 Å². The Bertz CT molecular complexity index is 683. The van der Waals surface area contributed by atoms with Crippen molar-refractivity contribution in [3.63, 3.8) is 0 Å². The standard InChI is InChI=1S/C19H26N2O4/c1-12(2)25-15-7-8-16(13(3)10-15)21-19(23)20-14(4)11-17(22)18-6-5-9-24-18/h5-10,12,14,17,22H,11H2,1-4H3,(H2,20,21,23)/t14-,17-/m1/s1. The number of hydrogen-bond acceptors (Lipinski definition) is 4. The minimum absolute atomic E-state index is 0.1000. The van der Waals surface area contributed by atoms with Crippen molar-refractivity contribution in [2.75, 3.05) is 5.32 Å². The summed E-state index contributed by atoms with van der Waals surface area (Å²) in [6.45, 7) is 7.67. The number of aryl methyl sites for hydroxylation is 1. The zero-order valence-corrected chi connectivity index (χ0v) is 15.1. The first-order chi connectivity index (χ1) is 11.8. The number of anilines is 1. The van der Waals surface area contributed by atoms with Crippen LogP contribution in [0.1, 0.15) is 44.6 Å². The quantitative estimate of drug-likeness (QED) is 0.707. The maximum absolute atomic E-state index is 12.1. The van der Waals surface area contributed by atoms with E-state index in [9.17, 15) is 9.90 Å². The van der Waals surface area contributed by atoms with Crippen LogP contribution >= 0.6 is 0 Å². The fourth-order valence-corrected chi connectivity index (χ4v) is 2.49. The molecule has 0 spiro atoms. The van der Waals surface area contributed by atoms with Crippen LogP contribution in [-0.4, -0.2) is 23.3 Å². The van der Waals surface area contributed by atoms with E-state index in [1.54, 1.807) is 12.1 Å². The number of furan rings is 1. The Morgan fingerprint density at radius 1 is 1.28 bits per heavy atom. The first kappa shape index (κ1) is 18.9. The van der Waals surface area contributed by atoms with Gasteiger partial charge >= 0.3 is 6.03 Å². The molecule has 136 valence electrons. The highest BCUT2D eigenvalue weighted by atomic mass is 16.5. The molecule has 6 heteroatoms. The molecule has 0 fully saturated rings. The second-order valence-electron chi connectivity index (χ2n) is 6.41. The molecule has 0 saturated heterocycles. The van der Waals surface area contributed by atoms with Crippen molar-refractivity contribution in [1.82, 2.24) is 5.32 Å². The van der Waals surface area contributed by atoms with Crippen molar-refractivity contribution in [3.8, 4) is 5.75 Å². The van der Waals surface area contributed by atoms with Gasteiger partial charge in [0.2, 0.25) is 0 Å². The van der Waals surface area contributed by atoms with Crippen LogP contribution in [0.4, 0.5) is 10.5 Å². The lowest BCUT2D eigenvalue weighted by Crippen LogP contribution is -2.37. The van der Waals surface area contributed by atoms with Crippen molar-refractivity contribution in [2.45, 2.75) is 52.4 Å². The lowest BCUT2D eigenvalue weighted by atomic mass is 10.1. The fourth-order valence-electron chi connectivity index (χ4n) is 2.49. The molecular formula is C19H26N2O4. The molecule has 1 aromatic carbocycles. The van der Waals surface area contributed by atoms with E-state index in [2.05, 4.69) is 10.6 Å². The smallest absolute Gasteiger partial charge is 0.319 e. The highest BCUT2D eigenvalue weighted by Crippen LogP contribution is 2.22. The number of urea groups is 1. The third kappa shape index (κ3) is 5.83. The third-order valence-corrected chi connectivity index (χ3v) is 3.64. The summed E-state index contributed by atoms with van der Waals surface area (Å²) >= 11 is 0. The molecule has 6 nitrogen and oxygen atoms in total. The van der Waals surface area contributed by atoms with Crippen LogP contribution in [0.2, 0.25) is 0 Å². The van der Waals surface area contributed by atoms with Crippen LogP contribution < -0.4 is 15.4 Å². The molecule has 2 atom stereocenters. The maximum Gasteiger partial charge on any atom is 0.319 e. The molecule has 2 aromatic rings. The van der Waals surface area contributed by atoms with Crippen LogP contribution in [0.5, 0.6) is 5.75 Å². The summed E-state index contributed by atoms with van der Waals surface area (Å²) in [7, 11) is 0. The summed E-state index contributed by atoms with van der Waals surface area (Å²) in [6, 6.07) is 8.42. The number of aliphatic hydroxyl groups is 1. The highest BCUT2D eigenvalue weighted by molar-refractivity contribution is 5.90. The van der Waals surface area contributed by atoms with E-state index in [4.69, 9.17) is 9.15 Å². The van der Waals surface area contributed by atoms with Gasteiger partial charge in [0, 0.05) is 18.2 Å². The Morgan fingerprint density at radius 2 is 2.04 bits per heavy atom. The molecule has 0 bridgehead atoms. The lowest BCUT2D eigenvalue weighted by molar-refractivity contribution is 0.130. The molecule has 1 aromatic heterocycles. The molecule has 0 aliphatic rings. The number of benzene rings is 1. The van der Waals surface area contributed by atoms with Gasteiger partial charge in [-0.15, -0.1) is 0 Å². The Hall–Kier alpha value is -2.47. The van der Waals surface area contributed by atoms with Crippen LogP contribution in [0.15, 0.2) is 41.0 Å². The Labute approximate surface area is 148 Å². The number of carbonyl (C=O) groups excluding carboxylic acids is 1. The van der Waals surface area contributed by atoms with E-state index in [1.165, 1.54) is 6.26 Å². The zero-order valence-electron chi connectivity index (χ0n) is 15.1. The zero-order chi connectivity index (χ0) is 18.4. The SMILES string of the molecule is Cc1cc(OC(C)C)ccc1NC(=O)N[C@H](C)C[C@@H](O)c1ccco1. The highest BCUT2D eigenvalue weighted by Gasteiger charge is 2.16. The number of amides is 2. The number of hydrogen-bond donors (Lipinski definition) is 3. The van der Waals surface area contributed by atoms with Gasteiger partial charge in [-0.1, -0.05) is 0 Å². The third-order valence-electron chi connectivity index (χ3n) is 3.64. The van der Waals surface area contributed by atoms with E-state index < -0.39 is 6.10 Å². The second kappa shape index (κ2) is 8.58. The van der Waals surface area contributed by atoms with E-state index in [1.807, 2.05) is 45.9 Å². The van der Waals surface area contributed by atoms with E-state index in [0.29, 0.717) is 17.9 Å². The first-order valence-corrected chi connectivity index (χ1v) is 8.41. The van der Waals surface area contributed by atoms with Crippen molar-refractivity contribution in [2.24, 2.45) is 0 Å². The summed E-state index contributed by atoms with van der Waals surface area (Å²) in [5.74, 6) is 1.26. The van der Waals surface area contributed by atoms with Crippen LogP contribution in [0.3, 0.4) is 0 Å². The first-order valence-electron chi connectivity index (χ1n) is 8.41. The van der Waals surface area contributed by atoms with Crippen molar-refractivity contribution >= 4 is 11.7 Å². The van der Waals surface area contributed by atoms with Crippen LogP contribution in [0.25, 0.3) is 0 Å². The van der Waals surface area contributed by atoms with Gasteiger partial charge in [-0.2, -0.15) is 0 Å². The molecule has 2 amide bonds. The number of nitrogens with one attached hydrogen (secondary N) is 2. The monoisotopic (exact) mass is 346 g/mol. The molecule has 0 aliphatic heterocycles.